The molecule has 13 heavy (non-hydrogen) atoms. The summed E-state index contributed by atoms with van der Waals surface area (Å²) in [6.45, 7) is 4.01. The minimum Gasteiger partial charge on any atom is -0.394 e. The van der Waals surface area contributed by atoms with Gasteiger partial charge in [-0.25, -0.2) is 0 Å². The molecule has 1 rings (SSSR count). The zero-order chi connectivity index (χ0) is 9.90. The van der Waals surface area contributed by atoms with Gasteiger partial charge in [0.1, 0.15) is 0 Å². The zero-order valence-corrected chi connectivity index (χ0v) is 8.25. The maximum atomic E-state index is 9.18. The van der Waals surface area contributed by atoms with E-state index in [0.29, 0.717) is 0 Å². The van der Waals surface area contributed by atoms with Gasteiger partial charge in [0, 0.05) is 0 Å². The molecule has 0 aliphatic heterocycles. The van der Waals surface area contributed by atoms with Gasteiger partial charge in [-0.2, -0.15) is 0 Å². The molecule has 2 nitrogen and oxygen atoms in total. The average Bonchev–Trinajstić information content (AvgIpc) is 2.18. The number of hydrogen-bond acceptors (Lipinski definition) is 2. The lowest BCUT2D eigenvalue weighted by Gasteiger charge is -2.26. The number of aliphatic hydroxyl groups is 1. The van der Waals surface area contributed by atoms with Gasteiger partial charge in [-0.1, -0.05) is 36.8 Å². The highest BCUT2D eigenvalue weighted by atomic mass is 16.3. The van der Waals surface area contributed by atoms with Crippen LogP contribution in [0.15, 0.2) is 24.3 Å². The zero-order valence-electron chi connectivity index (χ0n) is 8.25. The standard InChI is InChI=1S/C11H17NO/c1-3-11(12,8-13)10-6-4-9(2)5-7-10/h4-7,13H,3,8,12H2,1-2H3. The fourth-order valence-corrected chi connectivity index (χ4v) is 1.29. The van der Waals surface area contributed by atoms with E-state index in [1.807, 2.05) is 38.1 Å². The third-order valence-electron chi connectivity index (χ3n) is 2.54. The highest BCUT2D eigenvalue weighted by molar-refractivity contribution is 5.27. The normalized spacial score (nSPS) is 15.4. The Morgan fingerprint density at radius 3 is 2.23 bits per heavy atom. The van der Waals surface area contributed by atoms with Gasteiger partial charge >= 0.3 is 0 Å². The van der Waals surface area contributed by atoms with Crippen molar-refractivity contribution < 1.29 is 5.11 Å². The Hall–Kier alpha value is -0.860. The Morgan fingerprint density at radius 1 is 1.31 bits per heavy atom. The van der Waals surface area contributed by atoms with E-state index in [4.69, 9.17) is 5.73 Å². The quantitative estimate of drug-likeness (QED) is 0.739. The molecule has 2 heteroatoms. The van der Waals surface area contributed by atoms with Crippen molar-refractivity contribution in [1.82, 2.24) is 0 Å². The summed E-state index contributed by atoms with van der Waals surface area (Å²) < 4.78 is 0. The number of benzene rings is 1. The van der Waals surface area contributed by atoms with Crippen LogP contribution < -0.4 is 5.73 Å². The van der Waals surface area contributed by atoms with E-state index in [1.165, 1.54) is 5.56 Å². The molecule has 0 spiro atoms. The van der Waals surface area contributed by atoms with Crippen molar-refractivity contribution in [3.63, 3.8) is 0 Å². The van der Waals surface area contributed by atoms with Crippen molar-refractivity contribution >= 4 is 0 Å². The molecule has 0 saturated heterocycles. The van der Waals surface area contributed by atoms with Crippen molar-refractivity contribution in [2.75, 3.05) is 6.61 Å². The molecule has 1 atom stereocenters. The third-order valence-corrected chi connectivity index (χ3v) is 2.54. The van der Waals surface area contributed by atoms with Crippen molar-refractivity contribution in [3.05, 3.63) is 35.4 Å². The van der Waals surface area contributed by atoms with Gasteiger partial charge in [0.2, 0.25) is 0 Å². The highest BCUT2D eigenvalue weighted by Gasteiger charge is 2.23. The van der Waals surface area contributed by atoms with E-state index in [-0.39, 0.29) is 6.61 Å². The molecule has 0 heterocycles. The maximum Gasteiger partial charge on any atom is 0.0653 e. The summed E-state index contributed by atoms with van der Waals surface area (Å²) in [6.07, 6.45) is 0.743. The Kier molecular flexibility index (Phi) is 3.07. The summed E-state index contributed by atoms with van der Waals surface area (Å²) in [7, 11) is 0. The molecular formula is C11H17NO. The number of rotatable bonds is 3. The first-order chi connectivity index (χ1) is 6.12. The van der Waals surface area contributed by atoms with Crippen LogP contribution in [0.5, 0.6) is 0 Å². The van der Waals surface area contributed by atoms with E-state index in [1.54, 1.807) is 0 Å². The SMILES string of the molecule is CCC(N)(CO)c1ccc(C)cc1. The second-order valence-electron chi connectivity index (χ2n) is 3.53. The topological polar surface area (TPSA) is 46.2 Å². The maximum absolute atomic E-state index is 9.18. The van der Waals surface area contributed by atoms with Crippen LogP contribution in [0, 0.1) is 6.92 Å². The minimum absolute atomic E-state index is 0.00738. The van der Waals surface area contributed by atoms with E-state index >= 15 is 0 Å². The molecule has 1 aromatic rings. The van der Waals surface area contributed by atoms with Crippen LogP contribution in [0.2, 0.25) is 0 Å². The Morgan fingerprint density at radius 2 is 1.85 bits per heavy atom. The molecule has 1 unspecified atom stereocenters. The Labute approximate surface area is 79.4 Å². The van der Waals surface area contributed by atoms with E-state index in [9.17, 15) is 5.11 Å². The monoisotopic (exact) mass is 179 g/mol. The second-order valence-corrected chi connectivity index (χ2v) is 3.53. The van der Waals surface area contributed by atoms with Crippen LogP contribution in [0.3, 0.4) is 0 Å². The van der Waals surface area contributed by atoms with Crippen molar-refractivity contribution in [3.8, 4) is 0 Å². The summed E-state index contributed by atoms with van der Waals surface area (Å²) in [6, 6.07) is 7.99. The van der Waals surface area contributed by atoms with Gasteiger partial charge in [0.25, 0.3) is 0 Å². The van der Waals surface area contributed by atoms with Crippen LogP contribution in [0.4, 0.5) is 0 Å². The fourth-order valence-electron chi connectivity index (χ4n) is 1.29. The van der Waals surface area contributed by atoms with Gasteiger partial charge in [-0.3, -0.25) is 0 Å². The number of aryl methyl sites for hydroxylation is 1. The molecule has 0 aliphatic rings. The molecular weight excluding hydrogens is 162 g/mol. The number of hydrogen-bond donors (Lipinski definition) is 2. The lowest BCUT2D eigenvalue weighted by atomic mass is 9.89. The first-order valence-corrected chi connectivity index (χ1v) is 4.59. The lowest BCUT2D eigenvalue weighted by Crippen LogP contribution is -2.39. The molecule has 0 saturated carbocycles. The van der Waals surface area contributed by atoms with Crippen molar-refractivity contribution in [2.45, 2.75) is 25.8 Å². The molecule has 1 aromatic carbocycles. The van der Waals surface area contributed by atoms with E-state index in [0.717, 1.165) is 12.0 Å². The van der Waals surface area contributed by atoms with Crippen LogP contribution >= 0.6 is 0 Å². The molecule has 3 N–H and O–H groups in total. The van der Waals surface area contributed by atoms with E-state index in [2.05, 4.69) is 0 Å². The first-order valence-electron chi connectivity index (χ1n) is 4.59. The molecule has 0 radical (unpaired) electrons. The smallest absolute Gasteiger partial charge is 0.0653 e. The average molecular weight is 179 g/mol. The third kappa shape index (κ3) is 2.08. The van der Waals surface area contributed by atoms with Gasteiger partial charge in [0.05, 0.1) is 12.1 Å². The van der Waals surface area contributed by atoms with Gasteiger partial charge in [-0.05, 0) is 18.9 Å². The predicted octanol–water partition coefficient (Wildman–Crippen LogP) is 1.55. The van der Waals surface area contributed by atoms with Gasteiger partial charge < -0.3 is 10.8 Å². The molecule has 72 valence electrons. The summed E-state index contributed by atoms with van der Waals surface area (Å²) in [5.41, 5.74) is 7.65. The van der Waals surface area contributed by atoms with Crippen molar-refractivity contribution in [1.29, 1.82) is 0 Å². The largest absolute Gasteiger partial charge is 0.394 e. The molecule has 0 aliphatic carbocycles. The van der Waals surface area contributed by atoms with E-state index < -0.39 is 5.54 Å². The summed E-state index contributed by atoms with van der Waals surface area (Å²) >= 11 is 0. The molecule has 0 fully saturated rings. The minimum atomic E-state index is -0.576. The Balaban J connectivity index is 2.99. The van der Waals surface area contributed by atoms with Crippen LogP contribution in [-0.2, 0) is 5.54 Å². The van der Waals surface area contributed by atoms with Crippen LogP contribution in [0.25, 0.3) is 0 Å². The van der Waals surface area contributed by atoms with Gasteiger partial charge in [0.15, 0.2) is 0 Å². The van der Waals surface area contributed by atoms with Crippen molar-refractivity contribution in [2.24, 2.45) is 5.73 Å². The highest BCUT2D eigenvalue weighted by Crippen LogP contribution is 2.21. The summed E-state index contributed by atoms with van der Waals surface area (Å²) in [5, 5.41) is 9.18. The summed E-state index contributed by atoms with van der Waals surface area (Å²) in [5.74, 6) is 0. The molecule has 0 aromatic heterocycles. The first kappa shape index (κ1) is 10.2. The summed E-state index contributed by atoms with van der Waals surface area (Å²) in [4.78, 5) is 0. The number of aliphatic hydroxyl groups excluding tert-OH is 1. The fraction of sp³-hybridized carbons (Fsp3) is 0.455. The van der Waals surface area contributed by atoms with Crippen LogP contribution in [0.1, 0.15) is 24.5 Å². The lowest BCUT2D eigenvalue weighted by molar-refractivity contribution is 0.192. The second kappa shape index (κ2) is 3.90. The molecule has 0 bridgehead atoms. The predicted molar refractivity (Wildman–Crippen MR) is 54.4 cm³/mol. The number of nitrogens with two attached hydrogens (primary N) is 1. The van der Waals surface area contributed by atoms with Gasteiger partial charge in [-0.15, -0.1) is 0 Å². The Bertz CT molecular complexity index is 262. The molecule has 0 amide bonds. The van der Waals surface area contributed by atoms with Crippen LogP contribution in [-0.4, -0.2) is 11.7 Å².